The van der Waals surface area contributed by atoms with E-state index in [1.165, 1.54) is 42.1 Å². The number of halogens is 4. The SMILES string of the molecule is COc1ccc(Cl)c(S(=O)(=O)NC(=O)c2cn(-c3cc(Cl)cc(Cl)c3)c(Cl)n2)c1. The molecule has 3 rings (SSSR count). The van der Waals surface area contributed by atoms with Crippen molar-refractivity contribution in [2.75, 3.05) is 7.11 Å². The van der Waals surface area contributed by atoms with Crippen molar-refractivity contribution < 1.29 is 17.9 Å². The van der Waals surface area contributed by atoms with E-state index in [2.05, 4.69) is 4.98 Å². The molecule has 0 unspecified atom stereocenters. The van der Waals surface area contributed by atoms with Crippen molar-refractivity contribution in [1.82, 2.24) is 14.3 Å². The van der Waals surface area contributed by atoms with Gasteiger partial charge < -0.3 is 4.74 Å². The summed E-state index contributed by atoms with van der Waals surface area (Å²) in [6, 6.07) is 8.65. The van der Waals surface area contributed by atoms with Crippen molar-refractivity contribution in [3.05, 3.63) is 68.6 Å². The van der Waals surface area contributed by atoms with E-state index in [1.807, 2.05) is 4.72 Å². The molecule has 0 spiro atoms. The molecule has 1 amide bonds. The third-order valence-corrected chi connectivity index (χ3v) is 6.19. The Morgan fingerprint density at radius 3 is 2.34 bits per heavy atom. The Morgan fingerprint density at radius 1 is 1.07 bits per heavy atom. The second kappa shape index (κ2) is 8.41. The van der Waals surface area contributed by atoms with E-state index in [0.717, 1.165) is 0 Å². The number of nitrogens with one attached hydrogen (secondary N) is 1. The number of rotatable bonds is 5. The van der Waals surface area contributed by atoms with Crippen molar-refractivity contribution in [3.8, 4) is 11.4 Å². The summed E-state index contributed by atoms with van der Waals surface area (Å²) in [6.07, 6.45) is 1.25. The Bertz CT molecular complexity index is 1190. The molecule has 0 saturated carbocycles. The Balaban J connectivity index is 1.92. The molecule has 29 heavy (non-hydrogen) atoms. The van der Waals surface area contributed by atoms with E-state index in [0.29, 0.717) is 15.7 Å². The highest BCUT2D eigenvalue weighted by atomic mass is 35.5. The Hall–Kier alpha value is -1.97. The minimum absolute atomic E-state index is 0.0803. The van der Waals surface area contributed by atoms with Crippen LogP contribution in [0.2, 0.25) is 20.4 Å². The Kier molecular flexibility index (Phi) is 6.30. The molecule has 0 saturated heterocycles. The first-order valence-electron chi connectivity index (χ1n) is 7.73. The van der Waals surface area contributed by atoms with Crippen LogP contribution >= 0.6 is 46.4 Å². The molecule has 0 bridgehead atoms. The molecule has 3 aromatic rings. The molecule has 2 aromatic carbocycles. The van der Waals surface area contributed by atoms with Gasteiger partial charge in [0.05, 0.1) is 17.8 Å². The van der Waals surface area contributed by atoms with E-state index in [-0.39, 0.29) is 26.6 Å². The Morgan fingerprint density at radius 2 is 1.72 bits per heavy atom. The van der Waals surface area contributed by atoms with Gasteiger partial charge in [0, 0.05) is 22.3 Å². The van der Waals surface area contributed by atoms with E-state index < -0.39 is 15.9 Å². The fourth-order valence-electron chi connectivity index (χ4n) is 2.37. The summed E-state index contributed by atoms with van der Waals surface area (Å²) < 4.78 is 33.4. The van der Waals surface area contributed by atoms with Crippen molar-refractivity contribution in [2.45, 2.75) is 4.90 Å². The van der Waals surface area contributed by atoms with Gasteiger partial charge in [0.2, 0.25) is 5.28 Å². The van der Waals surface area contributed by atoms with E-state index in [1.54, 1.807) is 12.1 Å². The van der Waals surface area contributed by atoms with Crippen molar-refractivity contribution in [2.24, 2.45) is 0 Å². The minimum atomic E-state index is -4.30. The number of carbonyl (C=O) groups is 1. The summed E-state index contributed by atoms with van der Waals surface area (Å²) in [6.45, 7) is 0. The zero-order valence-electron chi connectivity index (χ0n) is 14.5. The number of amides is 1. The molecule has 0 atom stereocenters. The lowest BCUT2D eigenvalue weighted by Crippen LogP contribution is -2.31. The maximum absolute atomic E-state index is 12.6. The number of nitrogens with zero attached hydrogens (tertiary/aromatic N) is 2. The first-order chi connectivity index (χ1) is 13.6. The number of methoxy groups -OCH3 is 1. The highest BCUT2D eigenvalue weighted by molar-refractivity contribution is 7.90. The summed E-state index contributed by atoms with van der Waals surface area (Å²) in [5.74, 6) is -0.745. The zero-order valence-corrected chi connectivity index (χ0v) is 18.3. The molecule has 1 heterocycles. The number of imidazole rings is 1. The molecule has 1 N–H and O–H groups in total. The fraction of sp³-hybridized carbons (Fsp3) is 0.0588. The third kappa shape index (κ3) is 4.79. The predicted molar refractivity (Wildman–Crippen MR) is 111 cm³/mol. The van der Waals surface area contributed by atoms with Crippen LogP contribution in [0.4, 0.5) is 0 Å². The highest BCUT2D eigenvalue weighted by Gasteiger charge is 2.24. The van der Waals surface area contributed by atoms with Crippen molar-refractivity contribution >= 4 is 62.3 Å². The van der Waals surface area contributed by atoms with Crippen molar-refractivity contribution in [1.29, 1.82) is 0 Å². The molecule has 0 radical (unpaired) electrons. The molecule has 12 heteroatoms. The number of aromatic nitrogens is 2. The zero-order chi connectivity index (χ0) is 21.3. The summed E-state index contributed by atoms with van der Waals surface area (Å²) >= 11 is 24.0. The van der Waals surface area contributed by atoms with E-state index in [4.69, 9.17) is 51.1 Å². The van der Waals surface area contributed by atoms with Gasteiger partial charge >= 0.3 is 0 Å². The Labute approximate surface area is 186 Å². The highest BCUT2D eigenvalue weighted by Crippen LogP contribution is 2.27. The van der Waals surface area contributed by atoms with E-state index >= 15 is 0 Å². The second-order valence-corrected chi connectivity index (χ2v) is 8.89. The van der Waals surface area contributed by atoms with Crippen LogP contribution in [0.3, 0.4) is 0 Å². The van der Waals surface area contributed by atoms with Gasteiger partial charge in [0.15, 0.2) is 0 Å². The fourth-order valence-corrected chi connectivity index (χ4v) is 4.60. The lowest BCUT2D eigenvalue weighted by molar-refractivity contribution is 0.0977. The first kappa shape index (κ1) is 21.7. The molecular weight excluding hydrogens is 484 g/mol. The minimum Gasteiger partial charge on any atom is -0.497 e. The second-order valence-electron chi connectivity index (χ2n) is 5.62. The van der Waals surface area contributed by atoms with Gasteiger partial charge in [-0.2, -0.15) is 0 Å². The van der Waals surface area contributed by atoms with Crippen LogP contribution in [0, 0.1) is 0 Å². The molecule has 0 aliphatic rings. The van der Waals surface area contributed by atoms with E-state index in [9.17, 15) is 13.2 Å². The summed E-state index contributed by atoms with van der Waals surface area (Å²) in [5, 5.41) is 0.519. The largest absolute Gasteiger partial charge is 0.497 e. The van der Waals surface area contributed by atoms with Gasteiger partial charge in [-0.3, -0.25) is 9.36 Å². The summed E-state index contributed by atoms with van der Waals surface area (Å²) in [4.78, 5) is 16.0. The molecule has 152 valence electrons. The average Bonchev–Trinajstić information content (AvgIpc) is 3.03. The molecular formula is C17H11Cl4N3O4S. The smallest absolute Gasteiger partial charge is 0.285 e. The van der Waals surface area contributed by atoms with Crippen molar-refractivity contribution in [3.63, 3.8) is 0 Å². The van der Waals surface area contributed by atoms with Gasteiger partial charge in [-0.25, -0.2) is 18.1 Å². The normalized spacial score (nSPS) is 11.3. The summed E-state index contributed by atoms with van der Waals surface area (Å²) in [7, 11) is -2.93. The van der Waals surface area contributed by atoms with Crippen LogP contribution in [0.25, 0.3) is 5.69 Å². The summed E-state index contributed by atoms with van der Waals surface area (Å²) in [5.41, 5.74) is 0.200. The number of sulfonamides is 1. The maximum atomic E-state index is 12.6. The molecule has 7 nitrogen and oxygen atoms in total. The van der Waals surface area contributed by atoms with Gasteiger partial charge in [-0.15, -0.1) is 0 Å². The van der Waals surface area contributed by atoms with Gasteiger partial charge in [0.1, 0.15) is 16.3 Å². The number of ether oxygens (including phenoxy) is 1. The van der Waals surface area contributed by atoms with Crippen LogP contribution in [0.5, 0.6) is 5.75 Å². The maximum Gasteiger partial charge on any atom is 0.285 e. The van der Waals surface area contributed by atoms with Crippen LogP contribution in [-0.4, -0.2) is 31.0 Å². The molecule has 0 aliphatic heterocycles. The number of carbonyl (C=O) groups excluding carboxylic acids is 1. The molecule has 0 aliphatic carbocycles. The lowest BCUT2D eigenvalue weighted by Gasteiger charge is -2.09. The number of hydrogen-bond donors (Lipinski definition) is 1. The van der Waals surface area contributed by atoms with Gasteiger partial charge in [-0.05, 0) is 41.9 Å². The molecule has 1 aromatic heterocycles. The number of benzene rings is 2. The van der Waals surface area contributed by atoms with Crippen LogP contribution < -0.4 is 9.46 Å². The lowest BCUT2D eigenvalue weighted by atomic mass is 10.3. The quantitative estimate of drug-likeness (QED) is 0.559. The van der Waals surface area contributed by atoms with Gasteiger partial charge in [-0.1, -0.05) is 34.8 Å². The topological polar surface area (TPSA) is 90.3 Å². The van der Waals surface area contributed by atoms with Gasteiger partial charge in [0.25, 0.3) is 15.9 Å². The monoisotopic (exact) mass is 493 g/mol. The average molecular weight is 495 g/mol. The van der Waals surface area contributed by atoms with Crippen LogP contribution in [0.15, 0.2) is 47.5 Å². The van der Waals surface area contributed by atoms with Crippen LogP contribution in [0.1, 0.15) is 10.5 Å². The first-order valence-corrected chi connectivity index (χ1v) is 10.7. The third-order valence-electron chi connectivity index (χ3n) is 3.68. The van der Waals surface area contributed by atoms with Crippen LogP contribution in [-0.2, 0) is 10.0 Å². The standard InChI is InChI=1S/C17H11Cl4N3O4S/c1-28-12-2-3-13(20)15(7-12)29(26,27)23-16(25)14-8-24(17(21)22-14)11-5-9(18)4-10(19)6-11/h2-8H,1H3,(H,23,25). The predicted octanol–water partition coefficient (Wildman–Crippen LogP) is 4.61. The number of hydrogen-bond acceptors (Lipinski definition) is 5. The molecule has 0 fully saturated rings.